The number of carbonyl (C=O) groups excluding carboxylic acids is 1. The Balaban J connectivity index is 0.00000280. The Morgan fingerprint density at radius 2 is 1.79 bits per heavy atom. The van der Waals surface area contributed by atoms with Crippen LogP contribution in [0.25, 0.3) is 0 Å². The van der Waals surface area contributed by atoms with E-state index in [1.807, 2.05) is 37.4 Å². The largest absolute Gasteiger partial charge is 0.493 e. The van der Waals surface area contributed by atoms with Gasteiger partial charge in [0, 0.05) is 25.2 Å². The van der Waals surface area contributed by atoms with Gasteiger partial charge < -0.3 is 24.4 Å². The first-order valence-corrected chi connectivity index (χ1v) is 9.04. The lowest BCUT2D eigenvalue weighted by Crippen LogP contribution is -2.38. The van der Waals surface area contributed by atoms with E-state index in [4.69, 9.17) is 14.2 Å². The Hall–Kier alpha value is -2.44. The fraction of sp³-hybridized carbons (Fsp3) is 0.381. The lowest BCUT2D eigenvalue weighted by Gasteiger charge is -2.24. The van der Waals surface area contributed by atoms with Gasteiger partial charge in [-0.1, -0.05) is 30.3 Å². The lowest BCUT2D eigenvalue weighted by molar-refractivity contribution is 0.0743. The molecule has 1 saturated heterocycles. The topological polar surface area (TPSA) is 60.0 Å². The fourth-order valence-corrected chi connectivity index (χ4v) is 3.21. The van der Waals surface area contributed by atoms with Gasteiger partial charge in [0.1, 0.15) is 6.61 Å². The summed E-state index contributed by atoms with van der Waals surface area (Å²) in [6.07, 6.45) is 0.953. The highest BCUT2D eigenvalue weighted by Crippen LogP contribution is 2.39. The molecule has 7 heteroatoms. The molecule has 2 aromatic rings. The van der Waals surface area contributed by atoms with Crippen molar-refractivity contribution in [3.63, 3.8) is 0 Å². The number of amides is 1. The summed E-state index contributed by atoms with van der Waals surface area (Å²) in [5, 5.41) is 3.28. The first-order chi connectivity index (χ1) is 13.1. The number of nitrogens with zero attached hydrogens (tertiary/aromatic N) is 1. The molecule has 28 heavy (non-hydrogen) atoms. The molecule has 0 spiro atoms. The van der Waals surface area contributed by atoms with Gasteiger partial charge in [-0.15, -0.1) is 12.4 Å². The zero-order chi connectivity index (χ0) is 19.2. The maximum absolute atomic E-state index is 12.9. The van der Waals surface area contributed by atoms with Gasteiger partial charge >= 0.3 is 0 Å². The van der Waals surface area contributed by atoms with Gasteiger partial charge in [0.05, 0.1) is 14.2 Å². The average molecular weight is 407 g/mol. The van der Waals surface area contributed by atoms with Gasteiger partial charge in [-0.25, -0.2) is 0 Å². The normalized spacial score (nSPS) is 15.5. The highest BCUT2D eigenvalue weighted by molar-refractivity contribution is 5.95. The summed E-state index contributed by atoms with van der Waals surface area (Å²) < 4.78 is 16.9. The molecule has 1 aliphatic rings. The van der Waals surface area contributed by atoms with Crippen LogP contribution < -0.4 is 19.5 Å². The van der Waals surface area contributed by atoms with Crippen molar-refractivity contribution in [3.8, 4) is 17.2 Å². The van der Waals surface area contributed by atoms with Gasteiger partial charge in [-0.2, -0.15) is 0 Å². The van der Waals surface area contributed by atoms with Crippen molar-refractivity contribution in [1.82, 2.24) is 10.2 Å². The van der Waals surface area contributed by atoms with Crippen LogP contribution in [0.2, 0.25) is 0 Å². The maximum atomic E-state index is 12.9. The number of ether oxygens (including phenoxy) is 3. The summed E-state index contributed by atoms with van der Waals surface area (Å²) in [4.78, 5) is 14.7. The molecule has 0 radical (unpaired) electrons. The van der Waals surface area contributed by atoms with E-state index in [0.29, 0.717) is 29.4 Å². The standard InChI is InChI=1S/C21H26N2O4.ClH/c1-23(17-9-10-22-13-17)21(24)16-11-18(25-2)20(19(12-16)26-3)27-14-15-7-5-4-6-8-15;/h4-8,11-12,17,22H,9-10,13-14H2,1-3H3;1H. The number of carbonyl (C=O) groups is 1. The van der Waals surface area contributed by atoms with Crippen molar-refractivity contribution < 1.29 is 19.0 Å². The van der Waals surface area contributed by atoms with Crippen LogP contribution in [0.15, 0.2) is 42.5 Å². The number of likely N-dealkylation sites (N-methyl/N-ethyl adjacent to an activating group) is 1. The van der Waals surface area contributed by atoms with Crippen molar-refractivity contribution in [2.75, 3.05) is 34.4 Å². The number of nitrogens with one attached hydrogen (secondary N) is 1. The van der Waals surface area contributed by atoms with Crippen LogP contribution >= 0.6 is 12.4 Å². The number of methoxy groups -OCH3 is 2. The van der Waals surface area contributed by atoms with E-state index >= 15 is 0 Å². The molecule has 1 unspecified atom stereocenters. The lowest BCUT2D eigenvalue weighted by atomic mass is 10.1. The van der Waals surface area contributed by atoms with E-state index in [9.17, 15) is 4.79 Å². The molecule has 0 bridgehead atoms. The van der Waals surface area contributed by atoms with Gasteiger partial charge in [0.25, 0.3) is 5.91 Å². The molecule has 1 N–H and O–H groups in total. The molecule has 6 nitrogen and oxygen atoms in total. The quantitative estimate of drug-likeness (QED) is 0.765. The van der Waals surface area contributed by atoms with Gasteiger partial charge in [-0.3, -0.25) is 4.79 Å². The first-order valence-electron chi connectivity index (χ1n) is 9.04. The molecular formula is C21H27ClN2O4. The first kappa shape index (κ1) is 21.9. The minimum absolute atomic E-state index is 0. The van der Waals surface area contributed by atoms with Crippen LogP contribution in [0.1, 0.15) is 22.3 Å². The molecule has 0 aromatic heterocycles. The monoisotopic (exact) mass is 406 g/mol. The van der Waals surface area contributed by atoms with E-state index in [2.05, 4.69) is 5.32 Å². The number of halogens is 1. The van der Waals surface area contributed by atoms with Crippen LogP contribution in [0.3, 0.4) is 0 Å². The second-order valence-electron chi connectivity index (χ2n) is 6.55. The SMILES string of the molecule is COc1cc(C(=O)N(C)C2CCNC2)cc(OC)c1OCc1ccccc1.Cl. The summed E-state index contributed by atoms with van der Waals surface area (Å²) in [5.74, 6) is 1.39. The van der Waals surface area contributed by atoms with Gasteiger partial charge in [0.15, 0.2) is 11.5 Å². The molecule has 1 heterocycles. The Kier molecular flexibility index (Phi) is 7.96. The van der Waals surface area contributed by atoms with Crippen LogP contribution in [0, 0.1) is 0 Å². The van der Waals surface area contributed by atoms with Crippen molar-refractivity contribution in [2.24, 2.45) is 0 Å². The molecule has 2 aromatic carbocycles. The number of rotatable bonds is 7. The minimum Gasteiger partial charge on any atom is -0.493 e. The number of benzene rings is 2. The average Bonchev–Trinajstić information content (AvgIpc) is 3.26. The predicted molar refractivity (Wildman–Crippen MR) is 111 cm³/mol. The van der Waals surface area contributed by atoms with Crippen molar-refractivity contribution in [2.45, 2.75) is 19.1 Å². The summed E-state index contributed by atoms with van der Waals surface area (Å²) in [6, 6.07) is 13.5. The van der Waals surface area contributed by atoms with Crippen LogP contribution in [0.4, 0.5) is 0 Å². The molecule has 0 saturated carbocycles. The Morgan fingerprint density at radius 3 is 2.32 bits per heavy atom. The minimum atomic E-state index is -0.0603. The molecular weight excluding hydrogens is 380 g/mol. The van der Waals surface area contributed by atoms with Gasteiger partial charge in [-0.05, 0) is 30.7 Å². The van der Waals surface area contributed by atoms with Gasteiger partial charge in [0.2, 0.25) is 5.75 Å². The summed E-state index contributed by atoms with van der Waals surface area (Å²) in [7, 11) is 4.95. The summed E-state index contributed by atoms with van der Waals surface area (Å²) in [5.41, 5.74) is 1.56. The van der Waals surface area contributed by atoms with E-state index < -0.39 is 0 Å². The molecule has 1 aliphatic heterocycles. The van der Waals surface area contributed by atoms with E-state index in [1.165, 1.54) is 0 Å². The van der Waals surface area contributed by atoms with E-state index in [-0.39, 0.29) is 24.4 Å². The number of hydrogen-bond acceptors (Lipinski definition) is 5. The number of hydrogen-bond donors (Lipinski definition) is 1. The van der Waals surface area contributed by atoms with Crippen molar-refractivity contribution >= 4 is 18.3 Å². The molecule has 0 aliphatic carbocycles. The van der Waals surface area contributed by atoms with Crippen LogP contribution in [-0.2, 0) is 6.61 Å². The van der Waals surface area contributed by atoms with Crippen molar-refractivity contribution in [3.05, 3.63) is 53.6 Å². The second-order valence-corrected chi connectivity index (χ2v) is 6.55. The zero-order valence-electron chi connectivity index (χ0n) is 16.4. The third kappa shape index (κ3) is 4.88. The third-order valence-corrected chi connectivity index (χ3v) is 4.84. The Bertz CT molecular complexity index is 754. The summed E-state index contributed by atoms with van der Waals surface area (Å²) >= 11 is 0. The third-order valence-electron chi connectivity index (χ3n) is 4.84. The molecule has 3 rings (SSSR count). The van der Waals surface area contributed by atoms with Crippen LogP contribution in [0.5, 0.6) is 17.2 Å². The van der Waals surface area contributed by atoms with Crippen LogP contribution in [-0.4, -0.2) is 51.2 Å². The Labute approximate surface area is 172 Å². The van der Waals surface area contributed by atoms with E-state index in [1.54, 1.807) is 31.3 Å². The second kappa shape index (κ2) is 10.2. The summed E-state index contributed by atoms with van der Waals surface area (Å²) in [6.45, 7) is 2.13. The molecule has 1 amide bonds. The van der Waals surface area contributed by atoms with Crippen molar-refractivity contribution in [1.29, 1.82) is 0 Å². The predicted octanol–water partition coefficient (Wildman–Crippen LogP) is 3.14. The smallest absolute Gasteiger partial charge is 0.254 e. The fourth-order valence-electron chi connectivity index (χ4n) is 3.21. The molecule has 152 valence electrons. The Morgan fingerprint density at radius 1 is 1.14 bits per heavy atom. The maximum Gasteiger partial charge on any atom is 0.254 e. The zero-order valence-corrected chi connectivity index (χ0v) is 17.3. The highest BCUT2D eigenvalue weighted by atomic mass is 35.5. The highest BCUT2D eigenvalue weighted by Gasteiger charge is 2.26. The molecule has 1 atom stereocenters. The molecule has 1 fully saturated rings. The van der Waals surface area contributed by atoms with E-state index in [0.717, 1.165) is 25.1 Å².